The molecular formula is C13H20N2O5. The van der Waals surface area contributed by atoms with Gasteiger partial charge in [0.25, 0.3) is 0 Å². The van der Waals surface area contributed by atoms with Crippen LogP contribution in [0.15, 0.2) is 11.6 Å². The molecule has 0 radical (unpaired) electrons. The fraction of sp³-hybridized carbons (Fsp3) is 0.692. The molecule has 2 amide bonds. The molecule has 0 spiro atoms. The van der Waals surface area contributed by atoms with Gasteiger partial charge in [-0.05, 0) is 12.0 Å². The van der Waals surface area contributed by atoms with Crippen LogP contribution in [0, 0.1) is 5.92 Å². The quantitative estimate of drug-likeness (QED) is 0.713. The minimum absolute atomic E-state index is 0.151. The highest BCUT2D eigenvalue weighted by Gasteiger charge is 2.35. The Labute approximate surface area is 117 Å². The first-order valence-corrected chi connectivity index (χ1v) is 6.64. The summed E-state index contributed by atoms with van der Waals surface area (Å²) in [5.74, 6) is -1.60. The van der Waals surface area contributed by atoms with Crippen LogP contribution in [0.25, 0.3) is 0 Å². The zero-order valence-corrected chi connectivity index (χ0v) is 11.5. The normalized spacial score (nSPS) is 26.2. The lowest BCUT2D eigenvalue weighted by Crippen LogP contribution is -2.50. The SMILES string of the molecule is COCC1=CCN(C(=O)NC2COCC2C(=O)O)CC1. The van der Waals surface area contributed by atoms with Crippen molar-refractivity contribution in [1.82, 2.24) is 10.2 Å². The first-order chi connectivity index (χ1) is 9.61. The first-order valence-electron chi connectivity index (χ1n) is 6.64. The third-order valence-electron chi connectivity index (χ3n) is 3.63. The minimum atomic E-state index is -0.936. The van der Waals surface area contributed by atoms with Gasteiger partial charge in [-0.15, -0.1) is 0 Å². The van der Waals surface area contributed by atoms with Crippen LogP contribution in [0.3, 0.4) is 0 Å². The molecule has 2 heterocycles. The predicted molar refractivity (Wildman–Crippen MR) is 70.4 cm³/mol. The van der Waals surface area contributed by atoms with Crippen LogP contribution in [-0.4, -0.2) is 68.1 Å². The molecule has 7 heteroatoms. The number of urea groups is 1. The Kier molecular flexibility index (Phi) is 4.97. The fourth-order valence-corrected chi connectivity index (χ4v) is 2.40. The van der Waals surface area contributed by atoms with Crippen LogP contribution < -0.4 is 5.32 Å². The largest absolute Gasteiger partial charge is 0.481 e. The monoisotopic (exact) mass is 284 g/mol. The molecule has 112 valence electrons. The molecule has 0 saturated carbocycles. The number of ether oxygens (including phenoxy) is 2. The molecule has 1 saturated heterocycles. The number of carbonyl (C=O) groups is 2. The van der Waals surface area contributed by atoms with Crippen LogP contribution in [0.2, 0.25) is 0 Å². The summed E-state index contributed by atoms with van der Waals surface area (Å²) in [5.41, 5.74) is 1.18. The molecule has 0 bridgehead atoms. The summed E-state index contributed by atoms with van der Waals surface area (Å²) in [7, 11) is 1.64. The molecular weight excluding hydrogens is 264 g/mol. The Hall–Kier alpha value is -1.60. The van der Waals surface area contributed by atoms with E-state index in [1.807, 2.05) is 6.08 Å². The van der Waals surface area contributed by atoms with Crippen molar-refractivity contribution in [2.45, 2.75) is 12.5 Å². The number of carbonyl (C=O) groups excluding carboxylic acids is 1. The molecule has 0 aromatic rings. The van der Waals surface area contributed by atoms with Crippen molar-refractivity contribution in [2.75, 3.05) is 40.0 Å². The summed E-state index contributed by atoms with van der Waals surface area (Å²) in [6.07, 6.45) is 2.76. The molecule has 2 aliphatic heterocycles. The van der Waals surface area contributed by atoms with E-state index in [4.69, 9.17) is 14.6 Å². The Bertz CT molecular complexity index is 410. The molecule has 7 nitrogen and oxygen atoms in total. The molecule has 2 unspecified atom stereocenters. The van der Waals surface area contributed by atoms with Crippen LogP contribution in [0.1, 0.15) is 6.42 Å². The van der Waals surface area contributed by atoms with Gasteiger partial charge in [0.15, 0.2) is 0 Å². The van der Waals surface area contributed by atoms with Crippen molar-refractivity contribution in [2.24, 2.45) is 5.92 Å². The zero-order chi connectivity index (χ0) is 14.5. The van der Waals surface area contributed by atoms with E-state index in [0.29, 0.717) is 19.7 Å². The molecule has 2 rings (SSSR count). The second-order valence-electron chi connectivity index (χ2n) is 5.03. The maximum absolute atomic E-state index is 12.1. The van der Waals surface area contributed by atoms with Crippen molar-refractivity contribution >= 4 is 12.0 Å². The van der Waals surface area contributed by atoms with E-state index in [1.165, 1.54) is 5.57 Å². The molecule has 2 atom stereocenters. The van der Waals surface area contributed by atoms with Crippen molar-refractivity contribution in [3.8, 4) is 0 Å². The highest BCUT2D eigenvalue weighted by molar-refractivity contribution is 5.77. The van der Waals surface area contributed by atoms with E-state index < -0.39 is 17.9 Å². The number of hydrogen-bond acceptors (Lipinski definition) is 4. The van der Waals surface area contributed by atoms with Crippen molar-refractivity contribution in [3.63, 3.8) is 0 Å². The van der Waals surface area contributed by atoms with Crippen LogP contribution in [-0.2, 0) is 14.3 Å². The minimum Gasteiger partial charge on any atom is -0.481 e. The van der Waals surface area contributed by atoms with Gasteiger partial charge in [0.1, 0.15) is 5.92 Å². The number of carboxylic acids is 1. The highest BCUT2D eigenvalue weighted by atomic mass is 16.5. The number of nitrogens with zero attached hydrogens (tertiary/aromatic N) is 1. The zero-order valence-electron chi connectivity index (χ0n) is 11.5. The summed E-state index contributed by atoms with van der Waals surface area (Å²) in [6.45, 7) is 2.13. The maximum atomic E-state index is 12.1. The number of amides is 2. The number of carboxylic acid groups (broad SMARTS) is 1. The van der Waals surface area contributed by atoms with Crippen LogP contribution in [0.5, 0.6) is 0 Å². The first kappa shape index (κ1) is 14.8. The Morgan fingerprint density at radius 2 is 2.35 bits per heavy atom. The third kappa shape index (κ3) is 3.49. The van der Waals surface area contributed by atoms with Crippen molar-refractivity contribution in [3.05, 3.63) is 11.6 Å². The van der Waals surface area contributed by atoms with Gasteiger partial charge in [0.2, 0.25) is 0 Å². The van der Waals surface area contributed by atoms with E-state index in [0.717, 1.165) is 6.42 Å². The van der Waals surface area contributed by atoms with Gasteiger partial charge in [-0.2, -0.15) is 0 Å². The third-order valence-corrected chi connectivity index (χ3v) is 3.63. The number of rotatable bonds is 4. The van der Waals surface area contributed by atoms with Gasteiger partial charge in [-0.25, -0.2) is 4.79 Å². The number of aliphatic carboxylic acids is 1. The van der Waals surface area contributed by atoms with Gasteiger partial charge in [0.05, 0.1) is 25.9 Å². The van der Waals surface area contributed by atoms with Gasteiger partial charge < -0.3 is 24.8 Å². The average molecular weight is 284 g/mol. The molecule has 2 aliphatic rings. The van der Waals surface area contributed by atoms with Crippen LogP contribution in [0.4, 0.5) is 4.79 Å². The van der Waals surface area contributed by atoms with Gasteiger partial charge in [0, 0.05) is 20.2 Å². The van der Waals surface area contributed by atoms with Crippen molar-refractivity contribution < 1.29 is 24.2 Å². The maximum Gasteiger partial charge on any atom is 0.318 e. The molecule has 0 aromatic carbocycles. The topological polar surface area (TPSA) is 88.1 Å². The standard InChI is InChI=1S/C13H20N2O5/c1-19-6-9-2-4-15(5-3-9)13(18)14-11-8-20-7-10(11)12(16)17/h2,10-11H,3-8H2,1H3,(H,14,18)(H,16,17). The van der Waals surface area contributed by atoms with Crippen molar-refractivity contribution in [1.29, 1.82) is 0 Å². The second kappa shape index (κ2) is 6.71. The highest BCUT2D eigenvalue weighted by Crippen LogP contribution is 2.15. The van der Waals surface area contributed by atoms with Gasteiger partial charge in [-0.1, -0.05) is 6.08 Å². The number of hydrogen-bond donors (Lipinski definition) is 2. The lowest BCUT2D eigenvalue weighted by Gasteiger charge is -2.28. The Morgan fingerprint density at radius 1 is 1.55 bits per heavy atom. The van der Waals surface area contributed by atoms with E-state index in [-0.39, 0.29) is 19.2 Å². The summed E-state index contributed by atoms with van der Waals surface area (Å²) in [6, 6.07) is -0.691. The summed E-state index contributed by atoms with van der Waals surface area (Å²) >= 11 is 0. The molecule has 0 aliphatic carbocycles. The Morgan fingerprint density at radius 3 is 2.95 bits per heavy atom. The van der Waals surface area contributed by atoms with E-state index in [1.54, 1.807) is 12.0 Å². The molecule has 20 heavy (non-hydrogen) atoms. The lowest BCUT2D eigenvalue weighted by molar-refractivity contribution is -0.142. The van der Waals surface area contributed by atoms with Gasteiger partial charge >= 0.3 is 12.0 Å². The van der Waals surface area contributed by atoms with Gasteiger partial charge in [-0.3, -0.25) is 4.79 Å². The van der Waals surface area contributed by atoms with E-state index in [2.05, 4.69) is 5.32 Å². The Balaban J connectivity index is 1.85. The fourth-order valence-electron chi connectivity index (χ4n) is 2.40. The van der Waals surface area contributed by atoms with E-state index in [9.17, 15) is 9.59 Å². The molecule has 2 N–H and O–H groups in total. The molecule has 1 fully saturated rings. The smallest absolute Gasteiger partial charge is 0.318 e. The predicted octanol–water partition coefficient (Wildman–Crippen LogP) is 0.0741. The summed E-state index contributed by atoms with van der Waals surface area (Å²) in [5, 5.41) is 11.8. The van der Waals surface area contributed by atoms with Crippen LogP contribution >= 0.6 is 0 Å². The summed E-state index contributed by atoms with van der Waals surface area (Å²) < 4.78 is 10.2. The average Bonchev–Trinajstić information content (AvgIpc) is 2.88. The lowest BCUT2D eigenvalue weighted by atomic mass is 10.0. The van der Waals surface area contributed by atoms with E-state index >= 15 is 0 Å². The molecule has 0 aromatic heterocycles. The summed E-state index contributed by atoms with van der Waals surface area (Å²) in [4.78, 5) is 24.8. The number of nitrogens with one attached hydrogen (secondary N) is 1. The number of methoxy groups -OCH3 is 1. The second-order valence-corrected chi connectivity index (χ2v) is 5.03.